The lowest BCUT2D eigenvalue weighted by molar-refractivity contribution is 0.386. The van der Waals surface area contributed by atoms with Crippen LogP contribution in [0.2, 0.25) is 0 Å². The second-order valence-electron chi connectivity index (χ2n) is 5.19. The first-order valence-corrected chi connectivity index (χ1v) is 7.05. The van der Waals surface area contributed by atoms with Gasteiger partial charge in [-0.3, -0.25) is 0 Å². The van der Waals surface area contributed by atoms with E-state index in [1.165, 1.54) is 0 Å². The van der Waals surface area contributed by atoms with Crippen molar-refractivity contribution in [3.8, 4) is 0 Å². The summed E-state index contributed by atoms with van der Waals surface area (Å²) < 4.78 is 2.16. The van der Waals surface area contributed by atoms with E-state index in [9.17, 15) is 0 Å². The molecule has 2 aromatic rings. The quantitative estimate of drug-likeness (QED) is 0.790. The van der Waals surface area contributed by atoms with Crippen LogP contribution in [0, 0.1) is 6.92 Å². The minimum Gasteiger partial charge on any atom is -0.311 e. The third kappa shape index (κ3) is 3.25. The zero-order valence-corrected chi connectivity index (χ0v) is 12.8. The van der Waals surface area contributed by atoms with E-state index in [0.717, 1.165) is 42.2 Å². The van der Waals surface area contributed by atoms with Crippen LogP contribution in [0.1, 0.15) is 30.2 Å². The molecule has 0 aliphatic heterocycles. The molecule has 0 saturated heterocycles. The van der Waals surface area contributed by atoms with E-state index >= 15 is 0 Å². The van der Waals surface area contributed by atoms with Gasteiger partial charge in [0, 0.05) is 12.2 Å². The van der Waals surface area contributed by atoms with Gasteiger partial charge in [0.15, 0.2) is 5.65 Å². The molecular weight excluding hydrogens is 260 g/mol. The molecule has 0 spiro atoms. The summed E-state index contributed by atoms with van der Waals surface area (Å²) in [5.74, 6) is 0.911. The van der Waals surface area contributed by atoms with Gasteiger partial charge in [0.25, 0.3) is 0 Å². The number of hydrogen-bond donors (Lipinski definition) is 0. The first kappa shape index (κ1) is 14.3. The highest BCUT2D eigenvalue weighted by molar-refractivity contribution is 6.20. The Balaban J connectivity index is 2.36. The summed E-state index contributed by atoms with van der Waals surface area (Å²) in [5.41, 5.74) is 2.88. The second-order valence-corrected chi connectivity index (χ2v) is 5.84. The van der Waals surface area contributed by atoms with Gasteiger partial charge in [0.05, 0.1) is 5.38 Å². The molecule has 5 heteroatoms. The number of rotatable bonds is 5. The molecule has 0 aromatic carbocycles. The van der Waals surface area contributed by atoms with Crippen molar-refractivity contribution in [2.75, 3.05) is 20.6 Å². The van der Waals surface area contributed by atoms with Crippen molar-refractivity contribution in [1.29, 1.82) is 0 Å². The molecule has 0 fully saturated rings. The molecule has 0 bridgehead atoms. The fraction of sp³-hybridized carbons (Fsp3) is 0.571. The number of aryl methyl sites for hydroxylation is 2. The molecule has 4 nitrogen and oxygen atoms in total. The van der Waals surface area contributed by atoms with Crippen molar-refractivity contribution in [1.82, 2.24) is 19.4 Å². The molecule has 2 heterocycles. The van der Waals surface area contributed by atoms with Gasteiger partial charge in [-0.1, -0.05) is 0 Å². The number of hydrogen-bond acceptors (Lipinski definition) is 3. The molecule has 0 amide bonds. The van der Waals surface area contributed by atoms with Gasteiger partial charge < -0.3 is 9.47 Å². The van der Waals surface area contributed by atoms with Crippen molar-refractivity contribution < 1.29 is 0 Å². The lowest BCUT2D eigenvalue weighted by atomic mass is 10.3. The van der Waals surface area contributed by atoms with Crippen molar-refractivity contribution in [2.45, 2.75) is 32.2 Å². The maximum absolute atomic E-state index is 6.24. The number of pyridine rings is 1. The van der Waals surface area contributed by atoms with E-state index in [1.807, 2.05) is 26.0 Å². The maximum atomic E-state index is 6.24. The van der Waals surface area contributed by atoms with Gasteiger partial charge in [-0.15, -0.1) is 11.6 Å². The van der Waals surface area contributed by atoms with Gasteiger partial charge in [-0.25, -0.2) is 9.97 Å². The van der Waals surface area contributed by atoms with Crippen LogP contribution in [-0.2, 0) is 6.54 Å². The van der Waals surface area contributed by atoms with Crippen molar-refractivity contribution in [2.24, 2.45) is 0 Å². The first-order valence-electron chi connectivity index (χ1n) is 6.61. The van der Waals surface area contributed by atoms with E-state index in [-0.39, 0.29) is 5.38 Å². The summed E-state index contributed by atoms with van der Waals surface area (Å²) in [4.78, 5) is 11.4. The fourth-order valence-electron chi connectivity index (χ4n) is 2.18. The molecular formula is C14H21ClN4. The summed E-state index contributed by atoms with van der Waals surface area (Å²) in [6, 6.07) is 4.01. The highest BCUT2D eigenvalue weighted by Crippen LogP contribution is 2.24. The van der Waals surface area contributed by atoms with Crippen LogP contribution in [-0.4, -0.2) is 40.1 Å². The Labute approximate surface area is 119 Å². The smallest absolute Gasteiger partial charge is 0.160 e. The van der Waals surface area contributed by atoms with Crippen molar-refractivity contribution in [3.05, 3.63) is 23.7 Å². The Kier molecular flexibility index (Phi) is 4.42. The normalized spacial score (nSPS) is 13.4. The average Bonchev–Trinajstić information content (AvgIpc) is 2.67. The molecule has 1 unspecified atom stereocenters. The van der Waals surface area contributed by atoms with Crippen LogP contribution < -0.4 is 0 Å². The molecule has 1 atom stereocenters. The molecule has 104 valence electrons. The molecule has 2 aromatic heterocycles. The monoisotopic (exact) mass is 280 g/mol. The van der Waals surface area contributed by atoms with Crippen LogP contribution in [0.5, 0.6) is 0 Å². The van der Waals surface area contributed by atoms with Crippen molar-refractivity contribution in [3.63, 3.8) is 0 Å². The molecule has 2 rings (SSSR count). The highest BCUT2D eigenvalue weighted by atomic mass is 35.5. The number of alkyl halides is 1. The van der Waals surface area contributed by atoms with Crippen LogP contribution in [0.4, 0.5) is 0 Å². The molecule has 0 aliphatic carbocycles. The third-order valence-electron chi connectivity index (χ3n) is 3.10. The lowest BCUT2D eigenvalue weighted by Gasteiger charge is -2.12. The molecule has 19 heavy (non-hydrogen) atoms. The number of nitrogens with zero attached hydrogens (tertiary/aromatic N) is 4. The van der Waals surface area contributed by atoms with Gasteiger partial charge in [-0.05, 0) is 53.0 Å². The topological polar surface area (TPSA) is 34.0 Å². The van der Waals surface area contributed by atoms with Crippen molar-refractivity contribution >= 4 is 22.8 Å². The van der Waals surface area contributed by atoms with E-state index in [0.29, 0.717) is 0 Å². The Morgan fingerprint density at radius 3 is 2.68 bits per heavy atom. The van der Waals surface area contributed by atoms with E-state index in [4.69, 9.17) is 11.6 Å². The van der Waals surface area contributed by atoms with E-state index in [1.54, 1.807) is 0 Å². The zero-order valence-electron chi connectivity index (χ0n) is 12.0. The van der Waals surface area contributed by atoms with Crippen LogP contribution >= 0.6 is 11.6 Å². The number of fused-ring (bicyclic) bond motifs is 1. The molecule has 0 radical (unpaired) electrons. The summed E-state index contributed by atoms with van der Waals surface area (Å²) in [6.45, 7) is 5.90. The summed E-state index contributed by atoms with van der Waals surface area (Å²) in [5, 5.41) is -0.103. The summed E-state index contributed by atoms with van der Waals surface area (Å²) in [7, 11) is 4.17. The van der Waals surface area contributed by atoms with Crippen LogP contribution in [0.3, 0.4) is 0 Å². The van der Waals surface area contributed by atoms with Crippen LogP contribution in [0.15, 0.2) is 12.1 Å². The molecule has 0 aliphatic rings. The van der Waals surface area contributed by atoms with Gasteiger partial charge in [0.2, 0.25) is 0 Å². The fourth-order valence-corrected chi connectivity index (χ4v) is 2.35. The predicted molar refractivity (Wildman–Crippen MR) is 79.7 cm³/mol. The standard InChI is InChI=1S/C14H21ClN4/c1-10-6-7-12-14(16-10)19(9-5-8-18(3)4)13(17-12)11(2)15/h6-7,11H,5,8-9H2,1-4H3. The van der Waals surface area contributed by atoms with Gasteiger partial charge >= 0.3 is 0 Å². The van der Waals surface area contributed by atoms with Crippen LogP contribution in [0.25, 0.3) is 11.2 Å². The molecule has 0 saturated carbocycles. The minimum atomic E-state index is -0.103. The second kappa shape index (κ2) is 5.88. The zero-order chi connectivity index (χ0) is 14.0. The summed E-state index contributed by atoms with van der Waals surface area (Å²) in [6.07, 6.45) is 1.06. The van der Waals surface area contributed by atoms with E-state index < -0.39 is 0 Å². The van der Waals surface area contributed by atoms with Gasteiger partial charge in [0.1, 0.15) is 11.3 Å². The van der Waals surface area contributed by atoms with E-state index in [2.05, 4.69) is 33.5 Å². The van der Waals surface area contributed by atoms with Gasteiger partial charge in [-0.2, -0.15) is 0 Å². The SMILES string of the molecule is Cc1ccc2nc(C(C)Cl)n(CCCN(C)C)c2n1. The minimum absolute atomic E-state index is 0.103. The largest absolute Gasteiger partial charge is 0.311 e. The highest BCUT2D eigenvalue weighted by Gasteiger charge is 2.15. The summed E-state index contributed by atoms with van der Waals surface area (Å²) >= 11 is 6.24. The predicted octanol–water partition coefficient (Wildman–Crippen LogP) is 2.99. The Morgan fingerprint density at radius 2 is 2.05 bits per heavy atom. The Bertz CT molecular complexity index is 560. The number of halogens is 1. The average molecular weight is 281 g/mol. The number of imidazole rings is 1. The first-order chi connectivity index (χ1) is 8.99. The third-order valence-corrected chi connectivity index (χ3v) is 3.30. The lowest BCUT2D eigenvalue weighted by Crippen LogP contribution is -2.16. The molecule has 0 N–H and O–H groups in total. The Hall–Kier alpha value is -1.13. The number of aromatic nitrogens is 3. The maximum Gasteiger partial charge on any atom is 0.160 e. The Morgan fingerprint density at radius 1 is 1.32 bits per heavy atom.